The minimum absolute atomic E-state index is 0.214. The third-order valence-electron chi connectivity index (χ3n) is 3.84. The molecular weight excluding hydrogens is 254 g/mol. The van der Waals surface area contributed by atoms with E-state index in [0.717, 1.165) is 0 Å². The fraction of sp³-hybridized carbons (Fsp3) is 0.917. The fourth-order valence-electron chi connectivity index (χ4n) is 2.94. The third-order valence-corrected chi connectivity index (χ3v) is 3.84. The van der Waals surface area contributed by atoms with E-state index in [2.05, 4.69) is 0 Å². The van der Waals surface area contributed by atoms with Crippen LogP contribution in [0.1, 0.15) is 13.8 Å². The topological polar surface area (TPSA) is 89.2 Å². The number of esters is 1. The molecule has 0 radical (unpaired) electrons. The van der Waals surface area contributed by atoms with Gasteiger partial charge in [0.1, 0.15) is 18.3 Å². The molecule has 3 aliphatic heterocycles. The normalized spacial score (nSPS) is 47.6. The van der Waals surface area contributed by atoms with Crippen LogP contribution < -0.4 is 5.73 Å². The van der Waals surface area contributed by atoms with Gasteiger partial charge in [-0.1, -0.05) is 0 Å². The lowest BCUT2D eigenvalue weighted by Crippen LogP contribution is -2.57. The lowest BCUT2D eigenvalue weighted by molar-refractivity contribution is -0.232. The van der Waals surface area contributed by atoms with E-state index >= 15 is 0 Å². The highest BCUT2D eigenvalue weighted by Gasteiger charge is 2.60. The molecule has 3 rings (SSSR count). The molecule has 0 aromatic rings. The molecule has 3 aliphatic rings. The molecule has 7 nitrogen and oxygen atoms in total. The van der Waals surface area contributed by atoms with E-state index in [-0.39, 0.29) is 24.8 Å². The van der Waals surface area contributed by atoms with Crippen molar-refractivity contribution in [3.63, 3.8) is 0 Å². The Morgan fingerprint density at radius 1 is 1.26 bits per heavy atom. The van der Waals surface area contributed by atoms with Gasteiger partial charge in [-0.3, -0.25) is 4.79 Å². The zero-order chi connectivity index (χ0) is 13.8. The molecule has 0 aromatic carbocycles. The second kappa shape index (κ2) is 4.39. The molecule has 0 spiro atoms. The Bertz CT molecular complexity index is 386. The monoisotopic (exact) mass is 273 g/mol. The fourth-order valence-corrected chi connectivity index (χ4v) is 2.94. The predicted molar refractivity (Wildman–Crippen MR) is 61.9 cm³/mol. The lowest BCUT2D eigenvalue weighted by atomic mass is 9.90. The zero-order valence-electron chi connectivity index (χ0n) is 11.2. The minimum Gasteiger partial charge on any atom is -0.469 e. The number of carbonyl (C=O) groups excluding carboxylic acids is 1. The van der Waals surface area contributed by atoms with Crippen LogP contribution in [0.25, 0.3) is 0 Å². The van der Waals surface area contributed by atoms with Gasteiger partial charge >= 0.3 is 5.97 Å². The number of carbonyl (C=O) groups is 1. The highest BCUT2D eigenvalue weighted by atomic mass is 16.8. The van der Waals surface area contributed by atoms with Crippen molar-refractivity contribution in [2.45, 2.75) is 50.3 Å². The van der Waals surface area contributed by atoms with E-state index in [9.17, 15) is 4.79 Å². The van der Waals surface area contributed by atoms with Crippen molar-refractivity contribution in [1.82, 2.24) is 0 Å². The largest absolute Gasteiger partial charge is 0.469 e. The summed E-state index contributed by atoms with van der Waals surface area (Å²) >= 11 is 0. The van der Waals surface area contributed by atoms with Crippen LogP contribution in [0.15, 0.2) is 0 Å². The summed E-state index contributed by atoms with van der Waals surface area (Å²) < 4.78 is 27.6. The van der Waals surface area contributed by atoms with Crippen LogP contribution in [-0.4, -0.2) is 56.1 Å². The van der Waals surface area contributed by atoms with Gasteiger partial charge in [-0.2, -0.15) is 0 Å². The summed E-state index contributed by atoms with van der Waals surface area (Å²) in [7, 11) is 1.33. The van der Waals surface area contributed by atoms with Gasteiger partial charge in [0.2, 0.25) is 0 Å². The van der Waals surface area contributed by atoms with E-state index < -0.39 is 30.1 Å². The highest BCUT2D eigenvalue weighted by Crippen LogP contribution is 2.42. The number of hydrogen-bond donors (Lipinski definition) is 1. The average Bonchev–Trinajstić information content (AvgIpc) is 2.82. The first-order valence-corrected chi connectivity index (χ1v) is 6.39. The summed E-state index contributed by atoms with van der Waals surface area (Å²) in [6, 6.07) is -0.480. The van der Waals surface area contributed by atoms with Crippen molar-refractivity contribution in [3.05, 3.63) is 0 Å². The first-order valence-electron chi connectivity index (χ1n) is 6.39. The Morgan fingerprint density at radius 3 is 2.68 bits per heavy atom. The van der Waals surface area contributed by atoms with E-state index in [0.29, 0.717) is 0 Å². The molecule has 2 N–H and O–H groups in total. The molecule has 0 unspecified atom stereocenters. The van der Waals surface area contributed by atoms with Gasteiger partial charge in [0.05, 0.1) is 19.6 Å². The summed E-state index contributed by atoms with van der Waals surface area (Å²) in [6.45, 7) is 3.86. The van der Waals surface area contributed by atoms with Gasteiger partial charge in [-0.25, -0.2) is 0 Å². The summed E-state index contributed by atoms with van der Waals surface area (Å²) in [5, 5.41) is 0. The van der Waals surface area contributed by atoms with Gasteiger partial charge in [0, 0.05) is 6.04 Å². The molecule has 6 atom stereocenters. The predicted octanol–water partition coefficient (Wildman–Crippen LogP) is -0.622. The lowest BCUT2D eigenvalue weighted by Gasteiger charge is -2.37. The van der Waals surface area contributed by atoms with Crippen molar-refractivity contribution in [2.75, 3.05) is 13.7 Å². The molecule has 0 aromatic heterocycles. The molecule has 0 bridgehead atoms. The van der Waals surface area contributed by atoms with Crippen molar-refractivity contribution < 1.29 is 28.5 Å². The van der Waals surface area contributed by atoms with E-state index in [1.807, 2.05) is 13.8 Å². The second-order valence-electron chi connectivity index (χ2n) is 5.57. The summed E-state index contributed by atoms with van der Waals surface area (Å²) in [6.07, 6.45) is -1.51. The molecule has 3 saturated heterocycles. The maximum absolute atomic E-state index is 11.6. The van der Waals surface area contributed by atoms with Crippen LogP contribution >= 0.6 is 0 Å². The maximum atomic E-state index is 11.6. The maximum Gasteiger partial charge on any atom is 0.312 e. The van der Waals surface area contributed by atoms with Gasteiger partial charge < -0.3 is 29.4 Å². The summed E-state index contributed by atoms with van der Waals surface area (Å²) in [5.41, 5.74) is 6.09. The molecule has 3 heterocycles. The molecule has 108 valence electrons. The average molecular weight is 273 g/mol. The second-order valence-corrected chi connectivity index (χ2v) is 5.57. The molecule has 0 aliphatic carbocycles. The van der Waals surface area contributed by atoms with Crippen LogP contribution in [0.5, 0.6) is 0 Å². The standard InChI is InChI=1S/C12H19NO6/c1-12(2)18-9-8-7(17-11(9)19-12)6(13)5(4-16-8)10(14)15-3/h5-9,11H,4,13H2,1-3H3/t5-,6+,7+,8-,9+,11+/m0/s1. The Balaban J connectivity index is 1.74. The highest BCUT2D eigenvalue weighted by molar-refractivity contribution is 5.73. The number of nitrogens with two attached hydrogens (primary N) is 1. The van der Waals surface area contributed by atoms with Crippen molar-refractivity contribution in [1.29, 1.82) is 0 Å². The molecule has 3 fully saturated rings. The van der Waals surface area contributed by atoms with Crippen molar-refractivity contribution >= 4 is 5.97 Å². The minimum atomic E-state index is -0.688. The number of hydrogen-bond acceptors (Lipinski definition) is 7. The zero-order valence-corrected chi connectivity index (χ0v) is 11.2. The number of methoxy groups -OCH3 is 1. The van der Waals surface area contributed by atoms with Gasteiger partial charge in [-0.05, 0) is 13.8 Å². The van der Waals surface area contributed by atoms with Gasteiger partial charge in [0.25, 0.3) is 0 Å². The van der Waals surface area contributed by atoms with E-state index in [1.165, 1.54) is 7.11 Å². The van der Waals surface area contributed by atoms with Crippen LogP contribution in [0.4, 0.5) is 0 Å². The molecular formula is C12H19NO6. The van der Waals surface area contributed by atoms with E-state index in [4.69, 9.17) is 29.4 Å². The van der Waals surface area contributed by atoms with Crippen molar-refractivity contribution in [2.24, 2.45) is 11.7 Å². The first-order chi connectivity index (χ1) is 8.93. The quantitative estimate of drug-likeness (QED) is 0.637. The van der Waals surface area contributed by atoms with Gasteiger partial charge in [-0.15, -0.1) is 0 Å². The Labute approximate surface area is 111 Å². The Kier molecular flexibility index (Phi) is 3.06. The third kappa shape index (κ3) is 2.05. The Hall–Kier alpha value is -0.730. The van der Waals surface area contributed by atoms with E-state index in [1.54, 1.807) is 0 Å². The van der Waals surface area contributed by atoms with Crippen LogP contribution in [0, 0.1) is 5.92 Å². The van der Waals surface area contributed by atoms with Gasteiger partial charge in [0.15, 0.2) is 12.1 Å². The van der Waals surface area contributed by atoms with Crippen LogP contribution in [-0.2, 0) is 28.5 Å². The SMILES string of the molecule is COC(=O)[C@H]1CO[C@H]2[C@H](O[C@@H]3OC(C)(C)O[C@@H]32)[C@@H]1N. The summed E-state index contributed by atoms with van der Waals surface area (Å²) in [5.74, 6) is -1.58. The number of fused-ring (bicyclic) bond motifs is 3. The molecule has 7 heteroatoms. The number of rotatable bonds is 1. The molecule has 19 heavy (non-hydrogen) atoms. The smallest absolute Gasteiger partial charge is 0.312 e. The first kappa shape index (κ1) is 13.3. The van der Waals surface area contributed by atoms with Crippen LogP contribution in [0.2, 0.25) is 0 Å². The van der Waals surface area contributed by atoms with Crippen LogP contribution in [0.3, 0.4) is 0 Å². The Morgan fingerprint density at radius 2 is 2.00 bits per heavy atom. The molecule has 0 amide bonds. The van der Waals surface area contributed by atoms with Crippen molar-refractivity contribution in [3.8, 4) is 0 Å². The number of ether oxygens (including phenoxy) is 5. The molecule has 0 saturated carbocycles. The summed E-state index contributed by atoms with van der Waals surface area (Å²) in [4.78, 5) is 11.6.